The first-order valence-electron chi connectivity index (χ1n) is 6.90. The minimum Gasteiger partial charge on any atom is -0.481 e. The number of ether oxygens (including phenoxy) is 1. The number of hydrogen-bond acceptors (Lipinski definition) is 4. The second kappa shape index (κ2) is 6.05. The van der Waals surface area contributed by atoms with E-state index in [0.717, 1.165) is 4.90 Å². The van der Waals surface area contributed by atoms with Gasteiger partial charge in [-0.25, -0.2) is 4.98 Å². The Kier molecular flexibility index (Phi) is 4.49. The molecule has 6 nitrogen and oxygen atoms in total. The second-order valence-electron chi connectivity index (χ2n) is 5.15. The predicted octanol–water partition coefficient (Wildman–Crippen LogP) is 1.96. The van der Waals surface area contributed by atoms with Gasteiger partial charge in [-0.2, -0.15) is 13.2 Å². The van der Waals surface area contributed by atoms with Gasteiger partial charge in [-0.05, 0) is 25.5 Å². The van der Waals surface area contributed by atoms with Crippen molar-refractivity contribution in [1.29, 1.82) is 0 Å². The number of carbonyl (C=O) groups excluding carboxylic acids is 1. The van der Waals surface area contributed by atoms with Gasteiger partial charge >= 0.3 is 12.1 Å². The van der Waals surface area contributed by atoms with Crippen molar-refractivity contribution in [1.82, 2.24) is 9.88 Å². The van der Waals surface area contributed by atoms with Crippen LogP contribution in [0, 0.1) is 5.41 Å². The van der Waals surface area contributed by atoms with Crippen molar-refractivity contribution < 1.29 is 32.6 Å². The number of carbonyl (C=O) groups is 2. The fraction of sp³-hybridized carbons (Fsp3) is 0.500. The number of aromatic nitrogens is 1. The maximum absolute atomic E-state index is 13.2. The summed E-state index contributed by atoms with van der Waals surface area (Å²) in [5.74, 6) is -2.69. The van der Waals surface area contributed by atoms with Crippen molar-refractivity contribution in [3.63, 3.8) is 0 Å². The Balaban J connectivity index is 2.28. The lowest BCUT2D eigenvalue weighted by atomic mass is 9.86. The molecule has 1 amide bonds. The minimum absolute atomic E-state index is 0.0118. The van der Waals surface area contributed by atoms with Gasteiger partial charge in [-0.15, -0.1) is 0 Å². The Morgan fingerprint density at radius 1 is 1.48 bits per heavy atom. The number of rotatable bonds is 4. The molecule has 0 bridgehead atoms. The third kappa shape index (κ3) is 2.95. The van der Waals surface area contributed by atoms with Crippen LogP contribution in [0.25, 0.3) is 0 Å². The highest BCUT2D eigenvalue weighted by Gasteiger charge is 2.64. The van der Waals surface area contributed by atoms with Crippen LogP contribution in [0.3, 0.4) is 0 Å². The van der Waals surface area contributed by atoms with E-state index >= 15 is 0 Å². The molecule has 2 heterocycles. The topological polar surface area (TPSA) is 79.7 Å². The molecule has 1 N–H and O–H groups in total. The maximum atomic E-state index is 13.2. The Morgan fingerprint density at radius 2 is 2.17 bits per heavy atom. The van der Waals surface area contributed by atoms with Crippen molar-refractivity contribution in [2.45, 2.75) is 19.5 Å². The molecule has 23 heavy (non-hydrogen) atoms. The Labute approximate surface area is 129 Å². The Bertz CT molecular complexity index is 620. The first-order valence-corrected chi connectivity index (χ1v) is 6.90. The average Bonchev–Trinajstić information content (AvgIpc) is 2.94. The molecule has 126 valence electrons. The summed E-state index contributed by atoms with van der Waals surface area (Å²) >= 11 is 0. The molecule has 1 aliphatic heterocycles. The van der Waals surface area contributed by atoms with E-state index in [4.69, 9.17) is 9.84 Å². The molecule has 9 heteroatoms. The maximum Gasteiger partial charge on any atom is 0.406 e. The van der Waals surface area contributed by atoms with Gasteiger partial charge in [0.2, 0.25) is 5.88 Å². The molecule has 1 fully saturated rings. The summed E-state index contributed by atoms with van der Waals surface area (Å²) in [4.78, 5) is 28.3. The largest absolute Gasteiger partial charge is 0.481 e. The van der Waals surface area contributed by atoms with Gasteiger partial charge < -0.3 is 14.7 Å². The SMILES string of the molecule is CCOc1ncccc1C(=O)N1CCC(C(=O)O)(C(F)(F)F)C1. The van der Waals surface area contributed by atoms with Gasteiger partial charge in [-0.1, -0.05) is 0 Å². The lowest BCUT2D eigenvalue weighted by Gasteiger charge is -2.27. The van der Waals surface area contributed by atoms with Crippen molar-refractivity contribution >= 4 is 11.9 Å². The summed E-state index contributed by atoms with van der Waals surface area (Å²) in [6, 6.07) is 2.84. The number of carboxylic acids is 1. The van der Waals surface area contributed by atoms with Gasteiger partial charge in [0, 0.05) is 19.3 Å². The first-order chi connectivity index (χ1) is 10.7. The van der Waals surface area contributed by atoms with E-state index in [9.17, 15) is 22.8 Å². The zero-order valence-electron chi connectivity index (χ0n) is 12.3. The van der Waals surface area contributed by atoms with Crippen LogP contribution in [0.4, 0.5) is 13.2 Å². The van der Waals surface area contributed by atoms with Crippen LogP contribution in [0.1, 0.15) is 23.7 Å². The Morgan fingerprint density at radius 3 is 2.70 bits per heavy atom. The summed E-state index contributed by atoms with van der Waals surface area (Å²) in [7, 11) is 0. The zero-order chi connectivity index (χ0) is 17.3. The molecular weight excluding hydrogens is 317 g/mol. The summed E-state index contributed by atoms with van der Waals surface area (Å²) in [6.45, 7) is 0.688. The number of aliphatic carboxylic acids is 1. The molecule has 0 saturated carbocycles. The second-order valence-corrected chi connectivity index (χ2v) is 5.15. The molecule has 0 aromatic carbocycles. The van der Waals surface area contributed by atoms with Gasteiger partial charge in [0.1, 0.15) is 5.56 Å². The highest BCUT2D eigenvalue weighted by atomic mass is 19.4. The smallest absolute Gasteiger partial charge is 0.406 e. The standard InChI is InChI=1S/C14H15F3N2O4/c1-2-23-10-9(4-3-6-18-10)11(20)19-7-5-13(8-19,12(21)22)14(15,16)17/h3-4,6H,2,5,7-8H2,1H3,(H,21,22). The number of halogens is 3. The number of amides is 1. The van der Waals surface area contributed by atoms with Crippen molar-refractivity contribution in [3.8, 4) is 5.88 Å². The lowest BCUT2D eigenvalue weighted by molar-refractivity contribution is -0.227. The van der Waals surface area contributed by atoms with Gasteiger partial charge in [0.25, 0.3) is 5.91 Å². The van der Waals surface area contributed by atoms with E-state index < -0.39 is 36.4 Å². The third-order valence-corrected chi connectivity index (χ3v) is 3.79. The quantitative estimate of drug-likeness (QED) is 0.912. The fourth-order valence-corrected chi connectivity index (χ4v) is 2.49. The molecule has 0 spiro atoms. The molecular formula is C14H15F3N2O4. The molecule has 1 atom stereocenters. The van der Waals surface area contributed by atoms with Gasteiger partial charge in [-0.3, -0.25) is 9.59 Å². The van der Waals surface area contributed by atoms with Crippen molar-refractivity contribution in [3.05, 3.63) is 23.9 Å². The van der Waals surface area contributed by atoms with Crippen LogP contribution in [-0.4, -0.2) is 52.7 Å². The summed E-state index contributed by atoms with van der Waals surface area (Å²) in [5.41, 5.74) is -2.92. The zero-order valence-corrected chi connectivity index (χ0v) is 12.3. The number of nitrogens with zero attached hydrogens (tertiary/aromatic N) is 2. The molecule has 1 aliphatic rings. The highest BCUT2D eigenvalue weighted by Crippen LogP contribution is 2.46. The third-order valence-electron chi connectivity index (χ3n) is 3.79. The Hall–Kier alpha value is -2.32. The lowest BCUT2D eigenvalue weighted by Crippen LogP contribution is -2.47. The monoisotopic (exact) mass is 332 g/mol. The van der Waals surface area contributed by atoms with Crippen LogP contribution in [0.2, 0.25) is 0 Å². The number of hydrogen-bond donors (Lipinski definition) is 1. The van der Waals surface area contributed by atoms with E-state index in [-0.39, 0.29) is 24.6 Å². The van der Waals surface area contributed by atoms with Gasteiger partial charge in [0.05, 0.1) is 6.61 Å². The number of alkyl halides is 3. The van der Waals surface area contributed by atoms with E-state index in [1.165, 1.54) is 18.3 Å². The molecule has 0 aliphatic carbocycles. The van der Waals surface area contributed by atoms with Crippen LogP contribution in [0.5, 0.6) is 5.88 Å². The fourth-order valence-electron chi connectivity index (χ4n) is 2.49. The van der Waals surface area contributed by atoms with Crippen molar-refractivity contribution in [2.24, 2.45) is 5.41 Å². The predicted molar refractivity (Wildman–Crippen MR) is 72.1 cm³/mol. The molecule has 1 unspecified atom stereocenters. The number of pyridine rings is 1. The van der Waals surface area contributed by atoms with E-state index in [1.807, 2.05) is 0 Å². The van der Waals surface area contributed by atoms with E-state index in [1.54, 1.807) is 6.92 Å². The summed E-state index contributed by atoms with van der Waals surface area (Å²) < 4.78 is 44.6. The highest BCUT2D eigenvalue weighted by molar-refractivity contribution is 5.97. The average molecular weight is 332 g/mol. The molecule has 0 radical (unpaired) electrons. The molecule has 1 aromatic rings. The van der Waals surface area contributed by atoms with E-state index in [2.05, 4.69) is 4.98 Å². The summed E-state index contributed by atoms with van der Waals surface area (Å²) in [5, 5.41) is 9.01. The normalized spacial score (nSPS) is 21.3. The van der Waals surface area contributed by atoms with E-state index in [0.29, 0.717) is 0 Å². The summed E-state index contributed by atoms with van der Waals surface area (Å²) in [6.07, 6.45) is -4.23. The molecule has 1 aromatic heterocycles. The van der Waals surface area contributed by atoms with Crippen LogP contribution < -0.4 is 4.74 Å². The molecule has 2 rings (SSSR count). The van der Waals surface area contributed by atoms with Crippen molar-refractivity contribution in [2.75, 3.05) is 19.7 Å². The van der Waals surface area contributed by atoms with Crippen LogP contribution >= 0.6 is 0 Å². The minimum atomic E-state index is -4.94. The number of carboxylic acid groups (broad SMARTS) is 1. The first kappa shape index (κ1) is 17.0. The number of likely N-dealkylation sites (tertiary alicyclic amines) is 1. The van der Waals surface area contributed by atoms with Crippen LogP contribution in [0.15, 0.2) is 18.3 Å². The molecule has 1 saturated heterocycles. The van der Waals surface area contributed by atoms with Crippen LogP contribution in [-0.2, 0) is 4.79 Å². The van der Waals surface area contributed by atoms with Gasteiger partial charge in [0.15, 0.2) is 5.41 Å².